The zero-order valence-electron chi connectivity index (χ0n) is 4.08. The standard InChI is InChI=1S/C4H7Cl2O/c1-4(6,7)2-3-5/h2-3H2,1H3. The highest BCUT2D eigenvalue weighted by Gasteiger charge is 2.15. The van der Waals surface area contributed by atoms with E-state index < -0.39 is 5.06 Å². The van der Waals surface area contributed by atoms with Gasteiger partial charge in [-0.15, -0.1) is 11.6 Å². The highest BCUT2D eigenvalue weighted by molar-refractivity contribution is 6.23. The van der Waals surface area contributed by atoms with Crippen molar-refractivity contribution in [3.63, 3.8) is 0 Å². The lowest BCUT2D eigenvalue weighted by Crippen LogP contribution is -2.12. The SMILES string of the molecule is CC([O])(Cl)CCCl. The summed E-state index contributed by atoms with van der Waals surface area (Å²) in [7, 11) is 0. The summed E-state index contributed by atoms with van der Waals surface area (Å²) in [5.41, 5.74) is 0. The summed E-state index contributed by atoms with van der Waals surface area (Å²) in [6, 6.07) is 0. The molecule has 0 heterocycles. The summed E-state index contributed by atoms with van der Waals surface area (Å²) >= 11 is 10.4. The molecule has 0 aromatic heterocycles. The number of hydrogen-bond donors (Lipinski definition) is 0. The number of hydrogen-bond acceptors (Lipinski definition) is 0. The molecule has 0 amide bonds. The first-order chi connectivity index (χ1) is 3.06. The van der Waals surface area contributed by atoms with Crippen LogP contribution in [-0.4, -0.2) is 10.9 Å². The predicted molar refractivity (Wildman–Crippen MR) is 30.3 cm³/mol. The van der Waals surface area contributed by atoms with Gasteiger partial charge in [0.25, 0.3) is 0 Å². The average molecular weight is 142 g/mol. The molecule has 0 saturated carbocycles. The quantitative estimate of drug-likeness (QED) is 0.525. The van der Waals surface area contributed by atoms with Gasteiger partial charge < -0.3 is 0 Å². The molecular weight excluding hydrogens is 135 g/mol. The molecule has 1 unspecified atom stereocenters. The van der Waals surface area contributed by atoms with Crippen LogP contribution in [0.3, 0.4) is 0 Å². The van der Waals surface area contributed by atoms with Gasteiger partial charge >= 0.3 is 0 Å². The first-order valence-corrected chi connectivity index (χ1v) is 2.93. The van der Waals surface area contributed by atoms with Crippen LogP contribution < -0.4 is 0 Å². The van der Waals surface area contributed by atoms with Crippen LogP contribution in [0.15, 0.2) is 0 Å². The van der Waals surface area contributed by atoms with E-state index in [1.165, 1.54) is 6.92 Å². The Morgan fingerprint density at radius 2 is 2.14 bits per heavy atom. The van der Waals surface area contributed by atoms with Gasteiger partial charge in [-0.05, 0) is 6.92 Å². The maximum absolute atomic E-state index is 10.4. The minimum Gasteiger partial charge on any atom is -0.212 e. The van der Waals surface area contributed by atoms with Crippen molar-refractivity contribution < 1.29 is 5.11 Å². The van der Waals surface area contributed by atoms with Gasteiger partial charge in [0.15, 0.2) is 5.06 Å². The maximum Gasteiger partial charge on any atom is 0.174 e. The minimum absolute atomic E-state index is 0.316. The maximum atomic E-state index is 10.4. The van der Waals surface area contributed by atoms with E-state index in [4.69, 9.17) is 23.2 Å². The van der Waals surface area contributed by atoms with Crippen molar-refractivity contribution in [1.82, 2.24) is 0 Å². The molecule has 0 aromatic rings. The first kappa shape index (κ1) is 7.54. The number of halogens is 2. The minimum atomic E-state index is -1.36. The summed E-state index contributed by atoms with van der Waals surface area (Å²) in [6.45, 7) is 1.40. The molecule has 0 aliphatic heterocycles. The summed E-state index contributed by atoms with van der Waals surface area (Å²) in [5.74, 6) is 0.337. The van der Waals surface area contributed by atoms with E-state index in [9.17, 15) is 5.11 Å². The van der Waals surface area contributed by atoms with Crippen LogP contribution in [-0.2, 0) is 5.11 Å². The molecule has 1 nitrogen and oxygen atoms in total. The van der Waals surface area contributed by atoms with Crippen LogP contribution in [0.25, 0.3) is 0 Å². The van der Waals surface area contributed by atoms with Gasteiger partial charge in [-0.1, -0.05) is 11.6 Å². The number of rotatable bonds is 2. The Hall–Kier alpha value is 0.540. The van der Waals surface area contributed by atoms with Crippen LogP contribution >= 0.6 is 23.2 Å². The van der Waals surface area contributed by atoms with E-state index in [1.807, 2.05) is 0 Å². The summed E-state index contributed by atoms with van der Waals surface area (Å²) < 4.78 is 0. The van der Waals surface area contributed by atoms with Crippen molar-refractivity contribution in [2.75, 3.05) is 5.88 Å². The normalized spacial score (nSPS) is 18.9. The second-order valence-electron chi connectivity index (χ2n) is 1.54. The molecule has 0 aliphatic carbocycles. The third kappa shape index (κ3) is 6.54. The highest BCUT2D eigenvalue weighted by Crippen LogP contribution is 2.15. The van der Waals surface area contributed by atoms with Crippen molar-refractivity contribution in [3.8, 4) is 0 Å². The van der Waals surface area contributed by atoms with Gasteiger partial charge in [0.05, 0.1) is 0 Å². The Morgan fingerprint density at radius 1 is 1.71 bits per heavy atom. The zero-order valence-corrected chi connectivity index (χ0v) is 5.59. The fourth-order valence-corrected chi connectivity index (χ4v) is 0.721. The molecule has 0 bridgehead atoms. The Labute approximate surface area is 53.2 Å². The van der Waals surface area contributed by atoms with Crippen molar-refractivity contribution >= 4 is 23.2 Å². The number of alkyl halides is 2. The van der Waals surface area contributed by atoms with Gasteiger partial charge in [-0.2, -0.15) is 0 Å². The zero-order chi connectivity index (χ0) is 5.91. The van der Waals surface area contributed by atoms with E-state index in [0.29, 0.717) is 12.3 Å². The van der Waals surface area contributed by atoms with Gasteiger partial charge in [-0.3, -0.25) is 0 Å². The molecule has 0 N–H and O–H groups in total. The lowest BCUT2D eigenvalue weighted by atomic mass is 10.3. The molecule has 1 atom stereocenters. The van der Waals surface area contributed by atoms with Gasteiger partial charge in [-0.25, -0.2) is 5.11 Å². The Morgan fingerprint density at radius 3 is 2.14 bits per heavy atom. The Kier molecular flexibility index (Phi) is 2.96. The van der Waals surface area contributed by atoms with E-state index >= 15 is 0 Å². The molecule has 1 radical (unpaired) electrons. The highest BCUT2D eigenvalue weighted by atomic mass is 35.5. The predicted octanol–water partition coefficient (Wildman–Crippen LogP) is 2.00. The summed E-state index contributed by atoms with van der Waals surface area (Å²) in [4.78, 5) is 0. The molecule has 0 spiro atoms. The molecular formula is C4H7Cl2O. The smallest absolute Gasteiger partial charge is 0.174 e. The van der Waals surface area contributed by atoms with Crippen molar-refractivity contribution in [2.24, 2.45) is 0 Å². The van der Waals surface area contributed by atoms with Crippen LogP contribution in [0.5, 0.6) is 0 Å². The third-order valence-electron chi connectivity index (χ3n) is 0.541. The fraction of sp³-hybridized carbons (Fsp3) is 1.00. The largest absolute Gasteiger partial charge is 0.212 e. The van der Waals surface area contributed by atoms with Crippen LogP contribution in [0.1, 0.15) is 13.3 Å². The third-order valence-corrected chi connectivity index (χ3v) is 0.919. The molecule has 0 aromatic carbocycles. The summed E-state index contributed by atoms with van der Waals surface area (Å²) in [6.07, 6.45) is 0.316. The molecule has 43 valence electrons. The molecule has 0 aliphatic rings. The topological polar surface area (TPSA) is 19.9 Å². The van der Waals surface area contributed by atoms with Crippen molar-refractivity contribution in [2.45, 2.75) is 18.4 Å². The fourth-order valence-electron chi connectivity index (χ4n) is 0.169. The lowest BCUT2D eigenvalue weighted by Gasteiger charge is -2.06. The van der Waals surface area contributed by atoms with Crippen molar-refractivity contribution in [1.29, 1.82) is 0 Å². The first-order valence-electron chi connectivity index (χ1n) is 2.01. The summed E-state index contributed by atoms with van der Waals surface area (Å²) in [5, 5.41) is 9.03. The molecule has 0 rings (SSSR count). The second kappa shape index (κ2) is 2.75. The van der Waals surface area contributed by atoms with Gasteiger partial charge in [0, 0.05) is 12.3 Å². The van der Waals surface area contributed by atoms with Crippen LogP contribution in [0.4, 0.5) is 0 Å². The molecule has 3 heteroatoms. The average Bonchev–Trinajstić information content (AvgIpc) is 1.30. The van der Waals surface area contributed by atoms with E-state index in [-0.39, 0.29) is 0 Å². The molecule has 0 saturated heterocycles. The van der Waals surface area contributed by atoms with E-state index in [1.54, 1.807) is 0 Å². The monoisotopic (exact) mass is 141 g/mol. The molecule has 7 heavy (non-hydrogen) atoms. The Balaban J connectivity index is 3.15. The lowest BCUT2D eigenvalue weighted by molar-refractivity contribution is 0.0620. The second-order valence-corrected chi connectivity index (χ2v) is 2.72. The Bertz CT molecular complexity index is 48.1. The van der Waals surface area contributed by atoms with Gasteiger partial charge in [0.2, 0.25) is 0 Å². The van der Waals surface area contributed by atoms with Crippen LogP contribution in [0.2, 0.25) is 0 Å². The van der Waals surface area contributed by atoms with Crippen LogP contribution in [0, 0.1) is 0 Å². The van der Waals surface area contributed by atoms with Crippen molar-refractivity contribution in [3.05, 3.63) is 0 Å². The van der Waals surface area contributed by atoms with E-state index in [0.717, 1.165) is 0 Å². The molecule has 0 fully saturated rings. The van der Waals surface area contributed by atoms with Gasteiger partial charge in [0.1, 0.15) is 0 Å². The van der Waals surface area contributed by atoms with E-state index in [2.05, 4.69) is 0 Å².